The van der Waals surface area contributed by atoms with E-state index in [0.717, 1.165) is 0 Å². The van der Waals surface area contributed by atoms with Gasteiger partial charge in [0.15, 0.2) is 0 Å². The number of hydrogen-bond donors (Lipinski definition) is 1. The zero-order valence-corrected chi connectivity index (χ0v) is 17.1. The van der Waals surface area contributed by atoms with Crippen LogP contribution in [0.1, 0.15) is 19.5 Å². The van der Waals surface area contributed by atoms with Crippen LogP contribution < -0.4 is 5.32 Å². The minimum absolute atomic E-state index is 0.0603. The summed E-state index contributed by atoms with van der Waals surface area (Å²) in [4.78, 5) is 13.0. The third kappa shape index (κ3) is 5.43. The number of aromatic nitrogens is 2. The summed E-state index contributed by atoms with van der Waals surface area (Å²) in [5, 5.41) is 7.17. The van der Waals surface area contributed by atoms with Crippen molar-refractivity contribution in [2.45, 2.75) is 37.1 Å². The summed E-state index contributed by atoms with van der Waals surface area (Å²) < 4.78 is 28.6. The number of nitrogens with one attached hydrogen (secondary N) is 1. The lowest BCUT2D eigenvalue weighted by Crippen LogP contribution is -2.17. The molecule has 6 nitrogen and oxygen atoms in total. The third-order valence-electron chi connectivity index (χ3n) is 3.77. The van der Waals surface area contributed by atoms with Gasteiger partial charge in [-0.3, -0.25) is 14.1 Å². The fourth-order valence-electron chi connectivity index (χ4n) is 2.17. The molecule has 2 unspecified atom stereocenters. The SMILES string of the molecule is Cc1nn(CCN(C)PF)cc1S(=O)c1ccc(NC(=O)C(C)C)cc1. The predicted molar refractivity (Wildman–Crippen MR) is 104 cm³/mol. The lowest BCUT2D eigenvalue weighted by Gasteiger charge is -2.10. The second-order valence-corrected chi connectivity index (χ2v) is 8.67. The molecule has 1 heterocycles. The van der Waals surface area contributed by atoms with Crippen molar-refractivity contribution in [2.75, 3.05) is 18.9 Å². The van der Waals surface area contributed by atoms with Gasteiger partial charge < -0.3 is 5.32 Å². The average molecular weight is 398 g/mol. The highest BCUT2D eigenvalue weighted by Gasteiger charge is 2.15. The Morgan fingerprint density at radius 1 is 1.38 bits per heavy atom. The first kappa shape index (κ1) is 20.7. The highest BCUT2D eigenvalue weighted by molar-refractivity contribution is 7.85. The summed E-state index contributed by atoms with van der Waals surface area (Å²) in [6.45, 7) is 6.52. The second kappa shape index (κ2) is 9.35. The molecular weight excluding hydrogens is 374 g/mol. The number of rotatable bonds is 8. The Bertz CT molecular complexity index is 780. The number of nitrogens with zero attached hydrogens (tertiary/aromatic N) is 3. The van der Waals surface area contributed by atoms with E-state index in [0.29, 0.717) is 34.3 Å². The number of halogens is 1. The van der Waals surface area contributed by atoms with Crippen LogP contribution in [0.3, 0.4) is 0 Å². The Morgan fingerprint density at radius 2 is 2.04 bits per heavy atom. The first-order valence-electron chi connectivity index (χ1n) is 8.26. The lowest BCUT2D eigenvalue weighted by molar-refractivity contribution is -0.118. The van der Waals surface area contributed by atoms with Crippen LogP contribution in [0.4, 0.5) is 9.88 Å². The molecular formula is C17H24FN4O2PS. The first-order chi connectivity index (χ1) is 12.3. The fourth-order valence-corrected chi connectivity index (χ4v) is 3.51. The summed E-state index contributed by atoms with van der Waals surface area (Å²) in [5.74, 6) is -0.163. The van der Waals surface area contributed by atoms with Crippen molar-refractivity contribution in [1.82, 2.24) is 14.5 Å². The van der Waals surface area contributed by atoms with E-state index in [4.69, 9.17) is 0 Å². The second-order valence-electron chi connectivity index (χ2n) is 6.28. The standard InChI is InChI=1S/C17H24FN4O2PS/c1-12(2)17(23)19-14-5-7-15(8-6-14)26(24)16-11-22(20-13(16)3)10-9-21(4)25-18/h5-8,11-12,25H,9-10H2,1-4H3,(H,19,23). The maximum absolute atomic E-state index is 12.8. The maximum Gasteiger partial charge on any atom is 0.226 e. The number of amides is 1. The molecule has 0 spiro atoms. The largest absolute Gasteiger partial charge is 0.326 e. The fraction of sp³-hybridized carbons (Fsp3) is 0.412. The molecule has 2 rings (SSSR count). The van der Waals surface area contributed by atoms with Crippen LogP contribution >= 0.6 is 9.04 Å². The van der Waals surface area contributed by atoms with Gasteiger partial charge in [0.05, 0.1) is 27.9 Å². The molecule has 0 saturated heterocycles. The molecule has 0 aliphatic rings. The quantitative estimate of drug-likeness (QED) is 0.693. The van der Waals surface area contributed by atoms with Gasteiger partial charge in [0, 0.05) is 29.2 Å². The smallest absolute Gasteiger partial charge is 0.226 e. The Kier molecular flexibility index (Phi) is 7.43. The number of benzene rings is 1. The van der Waals surface area contributed by atoms with Gasteiger partial charge in [0.25, 0.3) is 0 Å². The van der Waals surface area contributed by atoms with Crippen LogP contribution in [0.25, 0.3) is 0 Å². The van der Waals surface area contributed by atoms with Crippen molar-refractivity contribution in [1.29, 1.82) is 0 Å². The monoisotopic (exact) mass is 398 g/mol. The number of anilines is 1. The summed E-state index contributed by atoms with van der Waals surface area (Å²) >= 11 is 0. The molecule has 1 amide bonds. The normalized spacial score (nSPS) is 13.0. The molecule has 0 aliphatic carbocycles. The zero-order chi connectivity index (χ0) is 19.3. The van der Waals surface area contributed by atoms with E-state index in [1.165, 1.54) is 0 Å². The van der Waals surface area contributed by atoms with Crippen LogP contribution in [0.2, 0.25) is 0 Å². The van der Waals surface area contributed by atoms with E-state index in [9.17, 15) is 13.2 Å². The molecule has 2 aromatic rings. The van der Waals surface area contributed by atoms with Crippen LogP contribution in [0.15, 0.2) is 40.3 Å². The van der Waals surface area contributed by atoms with Gasteiger partial charge in [0.2, 0.25) is 5.91 Å². The van der Waals surface area contributed by atoms with E-state index >= 15 is 0 Å². The van der Waals surface area contributed by atoms with E-state index in [1.54, 1.807) is 46.9 Å². The molecule has 0 radical (unpaired) electrons. The van der Waals surface area contributed by atoms with E-state index in [-0.39, 0.29) is 11.8 Å². The van der Waals surface area contributed by atoms with Gasteiger partial charge >= 0.3 is 0 Å². The van der Waals surface area contributed by atoms with Crippen LogP contribution in [0.5, 0.6) is 0 Å². The van der Waals surface area contributed by atoms with E-state index in [2.05, 4.69) is 10.4 Å². The molecule has 1 N–H and O–H groups in total. The highest BCUT2D eigenvalue weighted by atomic mass is 32.2. The Hall–Kier alpha value is -1.63. The van der Waals surface area contributed by atoms with Crippen molar-refractivity contribution in [3.05, 3.63) is 36.2 Å². The summed E-state index contributed by atoms with van der Waals surface area (Å²) in [7, 11) is -0.406. The number of aryl methyl sites for hydroxylation is 1. The van der Waals surface area contributed by atoms with Crippen molar-refractivity contribution < 1.29 is 13.2 Å². The van der Waals surface area contributed by atoms with Gasteiger partial charge in [-0.05, 0) is 38.2 Å². The van der Waals surface area contributed by atoms with Crippen molar-refractivity contribution >= 4 is 31.4 Å². The molecule has 0 aliphatic heterocycles. The van der Waals surface area contributed by atoms with Crippen molar-refractivity contribution in [2.24, 2.45) is 5.92 Å². The van der Waals surface area contributed by atoms with Crippen LogP contribution in [-0.4, -0.2) is 38.2 Å². The van der Waals surface area contributed by atoms with Gasteiger partial charge in [0.1, 0.15) is 9.04 Å². The Labute approximate surface area is 157 Å². The molecule has 1 aromatic heterocycles. The van der Waals surface area contributed by atoms with Crippen molar-refractivity contribution in [3.8, 4) is 0 Å². The van der Waals surface area contributed by atoms with Crippen LogP contribution in [-0.2, 0) is 22.1 Å². The van der Waals surface area contributed by atoms with Crippen molar-refractivity contribution in [3.63, 3.8) is 0 Å². The van der Waals surface area contributed by atoms with Gasteiger partial charge in [-0.15, -0.1) is 0 Å². The molecule has 26 heavy (non-hydrogen) atoms. The maximum atomic E-state index is 12.8. The number of hydrogen-bond acceptors (Lipinski definition) is 4. The Balaban J connectivity index is 2.09. The molecule has 0 saturated carbocycles. The van der Waals surface area contributed by atoms with Gasteiger partial charge in [-0.1, -0.05) is 13.8 Å². The minimum atomic E-state index is -1.37. The van der Waals surface area contributed by atoms with Gasteiger partial charge in [-0.2, -0.15) is 5.10 Å². The number of carbonyl (C=O) groups excluding carboxylic acids is 1. The predicted octanol–water partition coefficient (Wildman–Crippen LogP) is 3.36. The summed E-state index contributed by atoms with van der Waals surface area (Å²) in [5.41, 5.74) is 1.36. The zero-order valence-electron chi connectivity index (χ0n) is 15.3. The molecule has 9 heteroatoms. The van der Waals surface area contributed by atoms with E-state index in [1.807, 2.05) is 20.8 Å². The first-order valence-corrected chi connectivity index (χ1v) is 10.2. The average Bonchev–Trinajstić information content (AvgIpc) is 3.00. The third-order valence-corrected chi connectivity index (χ3v) is 5.78. The molecule has 2 atom stereocenters. The van der Waals surface area contributed by atoms with E-state index < -0.39 is 19.8 Å². The summed E-state index contributed by atoms with van der Waals surface area (Å²) in [6.07, 6.45) is 1.75. The van der Waals surface area contributed by atoms with Gasteiger partial charge in [-0.25, -0.2) is 8.41 Å². The topological polar surface area (TPSA) is 67.2 Å². The molecule has 0 fully saturated rings. The number of carbonyl (C=O) groups is 1. The lowest BCUT2D eigenvalue weighted by atomic mass is 10.2. The molecule has 1 aromatic carbocycles. The Morgan fingerprint density at radius 3 is 2.62 bits per heavy atom. The summed E-state index contributed by atoms with van der Waals surface area (Å²) in [6, 6.07) is 6.95. The number of likely N-dealkylation sites (N-methyl/N-ethyl adjacent to an activating group) is 1. The highest BCUT2D eigenvalue weighted by Crippen LogP contribution is 2.21. The molecule has 0 bridgehead atoms. The minimum Gasteiger partial charge on any atom is -0.326 e. The van der Waals surface area contributed by atoms with Crippen LogP contribution in [0, 0.1) is 12.8 Å². The molecule has 142 valence electrons.